The van der Waals surface area contributed by atoms with Gasteiger partial charge in [-0.3, -0.25) is 4.79 Å². The Morgan fingerprint density at radius 2 is 1.58 bits per heavy atom. The van der Waals surface area contributed by atoms with Gasteiger partial charge in [0.05, 0.1) is 16.3 Å². The fraction of sp³-hybridized carbons (Fsp3) is 0.190. The van der Waals surface area contributed by atoms with E-state index in [2.05, 4.69) is 15.5 Å². The Morgan fingerprint density at radius 1 is 1.00 bits per heavy atom. The van der Waals surface area contributed by atoms with Crippen LogP contribution in [0.5, 0.6) is 5.75 Å². The van der Waals surface area contributed by atoms with Crippen LogP contribution in [-0.4, -0.2) is 24.0 Å². The first-order valence-corrected chi connectivity index (χ1v) is 10.4. The SMILES string of the molecule is CC(=O)Nc1cc(S(=O)(=O)[O-])cc2cc(C)c(N=Nc3c(C)cccc3C)c(O)c12.[Na+]. The van der Waals surface area contributed by atoms with Crippen LogP contribution in [-0.2, 0) is 14.9 Å². The monoisotopic (exact) mass is 449 g/mol. The van der Waals surface area contributed by atoms with Gasteiger partial charge in [0.25, 0.3) is 0 Å². The quantitative estimate of drug-likeness (QED) is 0.356. The molecule has 0 aliphatic rings. The summed E-state index contributed by atoms with van der Waals surface area (Å²) in [7, 11) is -4.77. The van der Waals surface area contributed by atoms with Crippen LogP contribution in [0.2, 0.25) is 0 Å². The van der Waals surface area contributed by atoms with Crippen LogP contribution in [0, 0.1) is 20.8 Å². The topological polar surface area (TPSA) is 131 Å². The van der Waals surface area contributed by atoms with E-state index in [0.717, 1.165) is 23.3 Å². The molecule has 0 aromatic heterocycles. The number of nitrogens with zero attached hydrogens (tertiary/aromatic N) is 2. The van der Waals surface area contributed by atoms with Crippen LogP contribution in [0.3, 0.4) is 0 Å². The number of fused-ring (bicyclic) bond motifs is 1. The van der Waals surface area contributed by atoms with Crippen molar-refractivity contribution in [1.29, 1.82) is 0 Å². The Labute approximate surface area is 202 Å². The molecule has 0 spiro atoms. The molecular weight excluding hydrogens is 429 g/mol. The first kappa shape index (κ1) is 25.0. The molecule has 0 heterocycles. The number of benzene rings is 3. The first-order chi connectivity index (χ1) is 14.0. The van der Waals surface area contributed by atoms with E-state index >= 15 is 0 Å². The Balaban J connectivity index is 0.00000341. The molecule has 0 unspecified atom stereocenters. The van der Waals surface area contributed by atoms with Gasteiger partial charge in [-0.25, -0.2) is 8.42 Å². The van der Waals surface area contributed by atoms with Crippen LogP contribution < -0.4 is 34.9 Å². The number of azo groups is 1. The van der Waals surface area contributed by atoms with E-state index in [-0.39, 0.29) is 57.5 Å². The number of hydrogen-bond donors (Lipinski definition) is 2. The molecule has 156 valence electrons. The van der Waals surface area contributed by atoms with Crippen LogP contribution in [0.4, 0.5) is 17.1 Å². The number of carbonyl (C=O) groups is 1. The number of phenols is 1. The summed E-state index contributed by atoms with van der Waals surface area (Å²) in [6.07, 6.45) is 0. The summed E-state index contributed by atoms with van der Waals surface area (Å²) in [5, 5.41) is 22.3. The molecule has 3 rings (SSSR count). The second kappa shape index (κ2) is 9.46. The molecule has 0 atom stereocenters. The summed E-state index contributed by atoms with van der Waals surface area (Å²) in [6.45, 7) is 6.70. The van der Waals surface area contributed by atoms with E-state index in [1.807, 2.05) is 32.0 Å². The minimum Gasteiger partial charge on any atom is -0.744 e. The predicted octanol–water partition coefficient (Wildman–Crippen LogP) is 1.75. The van der Waals surface area contributed by atoms with Crippen molar-refractivity contribution >= 4 is 43.9 Å². The third kappa shape index (κ3) is 5.31. The molecule has 8 nitrogen and oxygen atoms in total. The van der Waals surface area contributed by atoms with Gasteiger partial charge in [0.2, 0.25) is 5.91 Å². The van der Waals surface area contributed by atoms with Gasteiger partial charge in [0, 0.05) is 12.3 Å². The van der Waals surface area contributed by atoms with Gasteiger partial charge in [-0.1, -0.05) is 18.2 Å². The predicted molar refractivity (Wildman–Crippen MR) is 113 cm³/mol. The van der Waals surface area contributed by atoms with Gasteiger partial charge in [-0.15, -0.1) is 10.2 Å². The maximum Gasteiger partial charge on any atom is 1.00 e. The first-order valence-electron chi connectivity index (χ1n) is 9.01. The van der Waals surface area contributed by atoms with Crippen LogP contribution in [0.15, 0.2) is 51.5 Å². The molecule has 0 fully saturated rings. The molecule has 0 aliphatic carbocycles. The summed E-state index contributed by atoms with van der Waals surface area (Å²) in [4.78, 5) is 11.1. The Hall–Kier alpha value is -2.30. The largest absolute Gasteiger partial charge is 1.00 e. The van der Waals surface area contributed by atoms with Gasteiger partial charge in [-0.05, 0) is 61.0 Å². The average molecular weight is 449 g/mol. The second-order valence-corrected chi connectivity index (χ2v) is 8.42. The standard InChI is InChI=1S/C21H21N3O5S.Na/c1-11-6-5-7-12(2)19(11)23-24-20-13(3)8-15-9-16(30(27,28)29)10-17(22-14(4)25)18(15)21(20)26;/h5-10,26H,1-4H3,(H,22,25)(H,27,28,29);/q;+1/p-1. The minimum atomic E-state index is -4.77. The summed E-state index contributed by atoms with van der Waals surface area (Å²) < 4.78 is 34.5. The average Bonchev–Trinajstić information content (AvgIpc) is 2.61. The molecule has 10 heteroatoms. The number of carbonyl (C=O) groups excluding carboxylic acids is 1. The molecule has 0 radical (unpaired) electrons. The molecule has 3 aromatic rings. The molecule has 2 N–H and O–H groups in total. The van der Waals surface area contributed by atoms with Gasteiger partial charge in [-0.2, -0.15) is 0 Å². The van der Waals surface area contributed by atoms with Crippen molar-refractivity contribution in [2.45, 2.75) is 32.6 Å². The number of anilines is 1. The van der Waals surface area contributed by atoms with Gasteiger partial charge in [0.15, 0.2) is 5.75 Å². The van der Waals surface area contributed by atoms with Crippen molar-refractivity contribution in [3.05, 3.63) is 53.1 Å². The number of phenolic OH excluding ortho intramolecular Hbond substituents is 1. The molecule has 0 aliphatic heterocycles. The van der Waals surface area contributed by atoms with E-state index in [4.69, 9.17) is 0 Å². The number of aryl methyl sites for hydroxylation is 3. The Kier molecular flexibility index (Phi) is 7.61. The maximum atomic E-state index is 11.6. The molecule has 0 saturated carbocycles. The minimum absolute atomic E-state index is 0. The number of aromatic hydroxyl groups is 1. The Bertz CT molecular complexity index is 1300. The van der Waals surface area contributed by atoms with Crippen molar-refractivity contribution in [2.75, 3.05) is 5.32 Å². The summed E-state index contributed by atoms with van der Waals surface area (Å²) in [5.74, 6) is -0.769. The zero-order valence-electron chi connectivity index (χ0n) is 17.8. The summed E-state index contributed by atoms with van der Waals surface area (Å²) >= 11 is 0. The van der Waals surface area contributed by atoms with Crippen molar-refractivity contribution in [2.24, 2.45) is 10.2 Å². The fourth-order valence-corrected chi connectivity index (χ4v) is 3.78. The summed E-state index contributed by atoms with van der Waals surface area (Å²) in [6, 6.07) is 9.45. The number of amides is 1. The van der Waals surface area contributed by atoms with Gasteiger partial charge >= 0.3 is 29.6 Å². The van der Waals surface area contributed by atoms with Crippen LogP contribution >= 0.6 is 0 Å². The van der Waals surface area contributed by atoms with E-state index in [1.165, 1.54) is 6.92 Å². The summed E-state index contributed by atoms with van der Waals surface area (Å²) in [5.41, 5.74) is 3.20. The van der Waals surface area contributed by atoms with Crippen LogP contribution in [0.1, 0.15) is 23.6 Å². The maximum absolute atomic E-state index is 11.6. The van der Waals surface area contributed by atoms with E-state index in [1.54, 1.807) is 13.0 Å². The number of rotatable bonds is 4. The third-order valence-corrected chi connectivity index (χ3v) is 5.45. The van der Waals surface area contributed by atoms with Crippen molar-refractivity contribution < 1.29 is 52.4 Å². The second-order valence-electron chi connectivity index (χ2n) is 7.04. The number of nitrogens with one attached hydrogen (secondary N) is 1. The van der Waals surface area contributed by atoms with Crippen molar-refractivity contribution in [3.8, 4) is 5.75 Å². The molecule has 3 aromatic carbocycles. The molecule has 31 heavy (non-hydrogen) atoms. The van der Waals surface area contributed by atoms with Crippen LogP contribution in [0.25, 0.3) is 10.8 Å². The third-order valence-electron chi connectivity index (χ3n) is 4.64. The molecule has 0 bridgehead atoms. The Morgan fingerprint density at radius 3 is 2.13 bits per heavy atom. The van der Waals surface area contributed by atoms with E-state index in [9.17, 15) is 22.9 Å². The molecule has 0 saturated heterocycles. The van der Waals surface area contributed by atoms with Gasteiger partial charge in [0.1, 0.15) is 15.8 Å². The smallest absolute Gasteiger partial charge is 0.744 e. The normalized spacial score (nSPS) is 11.5. The number of hydrogen-bond acceptors (Lipinski definition) is 7. The van der Waals surface area contributed by atoms with Crippen molar-refractivity contribution in [3.63, 3.8) is 0 Å². The zero-order valence-corrected chi connectivity index (χ0v) is 20.7. The molecule has 1 amide bonds. The van der Waals surface area contributed by atoms with Crippen molar-refractivity contribution in [1.82, 2.24) is 0 Å². The fourth-order valence-electron chi connectivity index (χ4n) is 3.24. The van der Waals surface area contributed by atoms with E-state index < -0.39 is 20.9 Å². The van der Waals surface area contributed by atoms with Gasteiger partial charge < -0.3 is 15.0 Å². The van der Waals surface area contributed by atoms with E-state index in [0.29, 0.717) is 11.3 Å². The molecular formula is C21H20N3NaO5S. The zero-order chi connectivity index (χ0) is 22.2.